The van der Waals surface area contributed by atoms with E-state index in [0.29, 0.717) is 31.1 Å². The maximum atomic E-state index is 9.92. The summed E-state index contributed by atoms with van der Waals surface area (Å²) in [7, 11) is 3.28. The van der Waals surface area contributed by atoms with E-state index in [4.69, 9.17) is 19.9 Å². The van der Waals surface area contributed by atoms with E-state index in [2.05, 4.69) is 0 Å². The van der Waals surface area contributed by atoms with E-state index in [0.717, 1.165) is 12.0 Å². The second-order valence-electron chi connectivity index (χ2n) is 5.64. The predicted octanol–water partition coefficient (Wildman–Crippen LogP) is 1.75. The fourth-order valence-electron chi connectivity index (χ4n) is 1.85. The van der Waals surface area contributed by atoms with Crippen LogP contribution < -0.4 is 15.2 Å². The topological polar surface area (TPSA) is 73.9 Å². The minimum atomic E-state index is -0.917. The number of ether oxygens (including phenoxy) is 3. The summed E-state index contributed by atoms with van der Waals surface area (Å²) in [4.78, 5) is 0. The monoisotopic (exact) mass is 297 g/mol. The molecule has 1 aromatic carbocycles. The molecule has 3 N–H and O–H groups in total. The Morgan fingerprint density at radius 1 is 1.19 bits per heavy atom. The van der Waals surface area contributed by atoms with Crippen molar-refractivity contribution in [3.63, 3.8) is 0 Å². The van der Waals surface area contributed by atoms with Gasteiger partial charge in [0.2, 0.25) is 0 Å². The molecule has 1 atom stereocenters. The second kappa shape index (κ2) is 8.22. The number of nitrogens with two attached hydrogens (primary N) is 1. The minimum Gasteiger partial charge on any atom is -0.493 e. The van der Waals surface area contributed by atoms with Crippen LogP contribution in [0.15, 0.2) is 18.2 Å². The summed E-state index contributed by atoms with van der Waals surface area (Å²) in [6.45, 7) is 4.64. The first kappa shape index (κ1) is 17.8. The average molecular weight is 297 g/mol. The fraction of sp³-hybridized carbons (Fsp3) is 0.625. The van der Waals surface area contributed by atoms with Crippen molar-refractivity contribution in [2.24, 2.45) is 5.73 Å². The molecule has 0 bridgehead atoms. The summed E-state index contributed by atoms with van der Waals surface area (Å²) in [6, 6.07) is 5.37. The van der Waals surface area contributed by atoms with Crippen LogP contribution in [0.25, 0.3) is 0 Å². The normalized spacial score (nSPS) is 13.0. The third-order valence-electron chi connectivity index (χ3n) is 3.34. The van der Waals surface area contributed by atoms with Crippen molar-refractivity contribution in [1.82, 2.24) is 0 Å². The SMILES string of the molecule is COCCCOc1cc(C[C@H](N)C(C)(C)O)ccc1OC. The summed E-state index contributed by atoms with van der Waals surface area (Å²) in [5.74, 6) is 1.38. The molecule has 0 saturated carbocycles. The van der Waals surface area contributed by atoms with Gasteiger partial charge in [0.15, 0.2) is 11.5 Å². The summed E-state index contributed by atoms with van der Waals surface area (Å²) in [5.41, 5.74) is 6.09. The summed E-state index contributed by atoms with van der Waals surface area (Å²) in [6.07, 6.45) is 1.38. The van der Waals surface area contributed by atoms with Crippen LogP contribution in [-0.2, 0) is 11.2 Å². The van der Waals surface area contributed by atoms with E-state index in [1.165, 1.54) is 0 Å². The van der Waals surface area contributed by atoms with Crippen molar-refractivity contribution in [2.45, 2.75) is 38.3 Å². The lowest BCUT2D eigenvalue weighted by molar-refractivity contribution is 0.0521. The first-order valence-electron chi connectivity index (χ1n) is 7.15. The average Bonchev–Trinajstić information content (AvgIpc) is 2.43. The maximum Gasteiger partial charge on any atom is 0.161 e. The Hall–Kier alpha value is -1.30. The van der Waals surface area contributed by atoms with Crippen molar-refractivity contribution in [3.05, 3.63) is 23.8 Å². The van der Waals surface area contributed by atoms with E-state index in [1.54, 1.807) is 28.1 Å². The predicted molar refractivity (Wildman–Crippen MR) is 83.0 cm³/mol. The highest BCUT2D eigenvalue weighted by atomic mass is 16.5. The lowest BCUT2D eigenvalue weighted by Crippen LogP contribution is -2.44. The van der Waals surface area contributed by atoms with Gasteiger partial charge in [-0.15, -0.1) is 0 Å². The smallest absolute Gasteiger partial charge is 0.161 e. The number of aliphatic hydroxyl groups is 1. The quantitative estimate of drug-likeness (QED) is 0.679. The van der Waals surface area contributed by atoms with E-state index in [-0.39, 0.29) is 6.04 Å². The van der Waals surface area contributed by atoms with Crippen LogP contribution in [0, 0.1) is 0 Å². The number of methoxy groups -OCH3 is 2. The van der Waals surface area contributed by atoms with Gasteiger partial charge in [-0.3, -0.25) is 0 Å². The number of hydrogen-bond donors (Lipinski definition) is 2. The van der Waals surface area contributed by atoms with Crippen molar-refractivity contribution >= 4 is 0 Å². The van der Waals surface area contributed by atoms with Crippen molar-refractivity contribution in [2.75, 3.05) is 27.4 Å². The highest BCUT2D eigenvalue weighted by molar-refractivity contribution is 5.43. The summed E-state index contributed by atoms with van der Waals surface area (Å²) < 4.78 is 16.0. The molecule has 0 amide bonds. The van der Waals surface area contributed by atoms with Gasteiger partial charge >= 0.3 is 0 Å². The van der Waals surface area contributed by atoms with Crippen LogP contribution in [0.3, 0.4) is 0 Å². The van der Waals surface area contributed by atoms with E-state index < -0.39 is 5.60 Å². The third kappa shape index (κ3) is 5.91. The van der Waals surface area contributed by atoms with Crippen molar-refractivity contribution in [1.29, 1.82) is 0 Å². The molecule has 120 valence electrons. The van der Waals surface area contributed by atoms with E-state index in [9.17, 15) is 5.11 Å². The standard InChI is InChI=1S/C16H27NO4/c1-16(2,18)15(17)11-12-6-7-13(20-4)14(10-12)21-9-5-8-19-3/h6-7,10,15,18H,5,8-9,11,17H2,1-4H3/t15-/m0/s1. The molecule has 1 aromatic rings. The highest BCUT2D eigenvalue weighted by Crippen LogP contribution is 2.29. The van der Waals surface area contributed by atoms with Crippen LogP contribution in [0.1, 0.15) is 25.8 Å². The Bertz CT molecular complexity index is 429. The second-order valence-corrected chi connectivity index (χ2v) is 5.64. The Balaban J connectivity index is 2.74. The van der Waals surface area contributed by atoms with Crippen LogP contribution in [0.2, 0.25) is 0 Å². The molecule has 0 spiro atoms. The van der Waals surface area contributed by atoms with Gasteiger partial charge in [-0.05, 0) is 38.0 Å². The molecule has 21 heavy (non-hydrogen) atoms. The van der Waals surface area contributed by atoms with Crippen LogP contribution in [-0.4, -0.2) is 44.2 Å². The molecule has 0 saturated heterocycles. The fourth-order valence-corrected chi connectivity index (χ4v) is 1.85. The van der Waals surface area contributed by atoms with Gasteiger partial charge in [0, 0.05) is 26.2 Å². The molecular weight excluding hydrogens is 270 g/mol. The molecule has 5 nitrogen and oxygen atoms in total. The largest absolute Gasteiger partial charge is 0.493 e. The minimum absolute atomic E-state index is 0.341. The Morgan fingerprint density at radius 3 is 2.48 bits per heavy atom. The van der Waals surface area contributed by atoms with Gasteiger partial charge in [-0.1, -0.05) is 6.07 Å². The highest BCUT2D eigenvalue weighted by Gasteiger charge is 2.23. The van der Waals surface area contributed by atoms with Gasteiger partial charge in [0.25, 0.3) is 0 Å². The molecular formula is C16H27NO4. The zero-order valence-corrected chi connectivity index (χ0v) is 13.4. The van der Waals surface area contributed by atoms with Crippen LogP contribution >= 0.6 is 0 Å². The summed E-state index contributed by atoms with van der Waals surface area (Å²) in [5, 5.41) is 9.92. The molecule has 0 heterocycles. The summed E-state index contributed by atoms with van der Waals surface area (Å²) >= 11 is 0. The lowest BCUT2D eigenvalue weighted by Gasteiger charge is -2.26. The Kier molecular flexibility index (Phi) is 6.95. The molecule has 0 aliphatic carbocycles. The molecule has 0 aliphatic rings. The van der Waals surface area contributed by atoms with E-state index in [1.807, 2.05) is 18.2 Å². The van der Waals surface area contributed by atoms with E-state index >= 15 is 0 Å². The molecule has 0 aliphatic heterocycles. The molecule has 0 fully saturated rings. The maximum absolute atomic E-state index is 9.92. The van der Waals surface area contributed by atoms with Gasteiger partial charge in [0.05, 0.1) is 19.3 Å². The van der Waals surface area contributed by atoms with Gasteiger partial charge < -0.3 is 25.1 Å². The van der Waals surface area contributed by atoms with Crippen molar-refractivity contribution < 1.29 is 19.3 Å². The first-order chi connectivity index (χ1) is 9.88. The number of hydrogen-bond acceptors (Lipinski definition) is 5. The Morgan fingerprint density at radius 2 is 1.90 bits per heavy atom. The molecule has 0 radical (unpaired) electrons. The zero-order valence-electron chi connectivity index (χ0n) is 13.4. The number of rotatable bonds is 9. The Labute approximate surface area is 127 Å². The molecule has 1 rings (SSSR count). The third-order valence-corrected chi connectivity index (χ3v) is 3.34. The van der Waals surface area contributed by atoms with Crippen LogP contribution in [0.4, 0.5) is 0 Å². The van der Waals surface area contributed by atoms with Gasteiger partial charge in [-0.25, -0.2) is 0 Å². The zero-order chi connectivity index (χ0) is 15.9. The first-order valence-corrected chi connectivity index (χ1v) is 7.15. The number of benzene rings is 1. The lowest BCUT2D eigenvalue weighted by atomic mass is 9.93. The molecule has 5 heteroatoms. The van der Waals surface area contributed by atoms with Gasteiger partial charge in [-0.2, -0.15) is 0 Å². The molecule has 0 aromatic heterocycles. The van der Waals surface area contributed by atoms with Gasteiger partial charge in [0.1, 0.15) is 0 Å². The van der Waals surface area contributed by atoms with Crippen molar-refractivity contribution in [3.8, 4) is 11.5 Å². The van der Waals surface area contributed by atoms with Crippen LogP contribution in [0.5, 0.6) is 11.5 Å². The molecule has 0 unspecified atom stereocenters.